The molecule has 0 radical (unpaired) electrons. The van der Waals surface area contributed by atoms with Crippen LogP contribution in [0.2, 0.25) is 0 Å². The number of carbonyl (C=O) groups is 1. The Hall–Kier alpha value is -1.81. The van der Waals surface area contributed by atoms with Crippen LogP contribution in [-0.4, -0.2) is 61.8 Å². The Labute approximate surface area is 255 Å². The highest BCUT2D eigenvalue weighted by molar-refractivity contribution is 5.66. The van der Waals surface area contributed by atoms with E-state index in [0.29, 0.717) is 31.0 Å². The number of ether oxygens (including phenoxy) is 4. The normalized spacial score (nSPS) is 47.6. The van der Waals surface area contributed by atoms with Gasteiger partial charge in [-0.3, -0.25) is 9.63 Å². The lowest BCUT2D eigenvalue weighted by Gasteiger charge is -2.60. The number of carbonyl (C=O) groups excluding carboxylic acids is 1. The van der Waals surface area contributed by atoms with Crippen molar-refractivity contribution in [3.8, 4) is 0 Å². The van der Waals surface area contributed by atoms with Crippen LogP contribution in [0.4, 0.5) is 0 Å². The van der Waals surface area contributed by atoms with E-state index in [-0.39, 0.29) is 53.2 Å². The second-order valence-corrected chi connectivity index (χ2v) is 14.8. The van der Waals surface area contributed by atoms with Crippen LogP contribution < -0.4 is 0 Å². The minimum atomic E-state index is -0.788. The van der Waals surface area contributed by atoms with Gasteiger partial charge in [-0.2, -0.15) is 0 Å². The number of rotatable bonds is 4. The molecule has 3 heterocycles. The minimum Gasteiger partial charge on any atom is -0.462 e. The molecule has 1 aromatic rings. The molecule has 3 saturated heterocycles. The van der Waals surface area contributed by atoms with Gasteiger partial charge in [-0.15, -0.1) is 0 Å². The van der Waals surface area contributed by atoms with E-state index in [9.17, 15) is 4.79 Å². The van der Waals surface area contributed by atoms with Crippen molar-refractivity contribution >= 4 is 5.97 Å². The third kappa shape index (κ3) is 4.13. The largest absolute Gasteiger partial charge is 0.462 e. The van der Waals surface area contributed by atoms with E-state index >= 15 is 0 Å². The molecular formula is C35H47NO7. The molecule has 0 spiro atoms. The zero-order valence-corrected chi connectivity index (χ0v) is 26.0. The van der Waals surface area contributed by atoms with Crippen LogP contribution in [-0.2, 0) is 33.4 Å². The molecular weight excluding hydrogens is 546 g/mol. The van der Waals surface area contributed by atoms with E-state index in [4.69, 9.17) is 28.6 Å². The smallest absolute Gasteiger partial charge is 0.302 e. The summed E-state index contributed by atoms with van der Waals surface area (Å²) >= 11 is 0. The number of hydrogen-bond acceptors (Lipinski definition) is 8. The van der Waals surface area contributed by atoms with Crippen LogP contribution in [0.3, 0.4) is 0 Å². The maximum absolute atomic E-state index is 11.7. The summed E-state index contributed by atoms with van der Waals surface area (Å²) in [5.41, 5.74) is 2.84. The molecule has 3 aliphatic heterocycles. The molecule has 0 unspecified atom stereocenters. The van der Waals surface area contributed by atoms with E-state index < -0.39 is 5.79 Å². The van der Waals surface area contributed by atoms with E-state index in [2.05, 4.69) is 50.3 Å². The first-order valence-corrected chi connectivity index (χ1v) is 16.6. The fourth-order valence-corrected chi connectivity index (χ4v) is 11.2. The van der Waals surface area contributed by atoms with Gasteiger partial charge < -0.3 is 18.9 Å². The third-order valence-corrected chi connectivity index (χ3v) is 13.1. The number of nitrogens with zero attached hydrogens (tertiary/aromatic N) is 1. The zero-order chi connectivity index (χ0) is 29.6. The van der Waals surface area contributed by atoms with Crippen molar-refractivity contribution in [2.45, 2.75) is 108 Å². The van der Waals surface area contributed by atoms with Crippen molar-refractivity contribution in [2.24, 2.45) is 34.5 Å². The Morgan fingerprint density at radius 2 is 1.79 bits per heavy atom. The first-order chi connectivity index (χ1) is 20.8. The highest BCUT2D eigenvalue weighted by atomic mass is 17.0. The highest BCUT2D eigenvalue weighted by Gasteiger charge is 2.74. The standard InChI is InChI=1S/C35H47NO7/c1-21(37)41-24-12-14-33(2)23(18-24)10-11-25-26(33)13-15-34(3)27(25)19-28-31(22-8-6-5-7-9-22)29-20-30(32-39-16-17-40-32)42-36(29)43-35(28,34)38-4/h5-10,24-32H,11-20H2,1-4H3/t24-,25+,26-,27-,28-,29+,30+,31-,33-,34-,35+/m0/s1. The Kier molecular flexibility index (Phi) is 6.90. The van der Waals surface area contributed by atoms with Gasteiger partial charge in [-0.25, -0.2) is 4.84 Å². The summed E-state index contributed by atoms with van der Waals surface area (Å²) in [6.07, 6.45) is 10.0. The highest BCUT2D eigenvalue weighted by Crippen LogP contribution is 2.72. The number of hydrogen-bond donors (Lipinski definition) is 0. The molecule has 4 aliphatic carbocycles. The van der Waals surface area contributed by atoms with Gasteiger partial charge in [-0.1, -0.05) is 61.1 Å². The van der Waals surface area contributed by atoms with Crippen molar-refractivity contribution in [1.82, 2.24) is 5.23 Å². The number of fused-ring (bicyclic) bond motifs is 8. The minimum absolute atomic E-state index is 0.0192. The summed E-state index contributed by atoms with van der Waals surface area (Å²) < 4.78 is 24.1. The second kappa shape index (κ2) is 10.4. The molecule has 234 valence electrons. The maximum Gasteiger partial charge on any atom is 0.302 e. The molecule has 0 N–H and O–H groups in total. The summed E-state index contributed by atoms with van der Waals surface area (Å²) in [5.74, 6) is 1.10. The van der Waals surface area contributed by atoms with Crippen LogP contribution >= 0.6 is 0 Å². The quantitative estimate of drug-likeness (QED) is 0.314. The van der Waals surface area contributed by atoms with Gasteiger partial charge in [0.05, 0.1) is 19.3 Å². The predicted molar refractivity (Wildman–Crippen MR) is 157 cm³/mol. The molecule has 1 aromatic carbocycles. The molecule has 7 aliphatic rings. The summed E-state index contributed by atoms with van der Waals surface area (Å²) in [6, 6.07) is 11.0. The second-order valence-electron chi connectivity index (χ2n) is 14.8. The van der Waals surface area contributed by atoms with E-state index in [1.165, 1.54) is 18.1 Å². The molecule has 0 amide bonds. The molecule has 0 aromatic heterocycles. The van der Waals surface area contributed by atoms with Crippen molar-refractivity contribution in [3.05, 3.63) is 47.5 Å². The number of esters is 1. The monoisotopic (exact) mass is 593 g/mol. The van der Waals surface area contributed by atoms with Crippen LogP contribution in [0.1, 0.15) is 83.6 Å². The molecule has 0 bridgehead atoms. The van der Waals surface area contributed by atoms with Gasteiger partial charge in [-0.05, 0) is 67.3 Å². The molecule has 6 fully saturated rings. The Morgan fingerprint density at radius 3 is 2.53 bits per heavy atom. The van der Waals surface area contributed by atoms with Gasteiger partial charge in [0.1, 0.15) is 12.2 Å². The van der Waals surface area contributed by atoms with Crippen molar-refractivity contribution in [3.63, 3.8) is 0 Å². The van der Waals surface area contributed by atoms with Crippen LogP contribution in [0, 0.1) is 34.5 Å². The van der Waals surface area contributed by atoms with Gasteiger partial charge in [0, 0.05) is 44.1 Å². The van der Waals surface area contributed by atoms with Crippen molar-refractivity contribution < 1.29 is 33.4 Å². The first kappa shape index (κ1) is 28.6. The molecule has 8 heteroatoms. The number of hydroxylamine groups is 2. The fraction of sp³-hybridized carbons (Fsp3) is 0.743. The van der Waals surface area contributed by atoms with E-state index in [1.807, 2.05) is 7.11 Å². The van der Waals surface area contributed by atoms with E-state index in [0.717, 1.165) is 51.4 Å². The number of allylic oxidation sites excluding steroid dienone is 1. The molecule has 8 rings (SSSR count). The Bertz CT molecular complexity index is 1270. The summed E-state index contributed by atoms with van der Waals surface area (Å²) in [5, 5.41) is 1.80. The average molecular weight is 594 g/mol. The van der Waals surface area contributed by atoms with Crippen LogP contribution in [0.5, 0.6) is 0 Å². The van der Waals surface area contributed by atoms with Crippen LogP contribution in [0.15, 0.2) is 42.0 Å². The van der Waals surface area contributed by atoms with Crippen molar-refractivity contribution in [1.29, 1.82) is 0 Å². The van der Waals surface area contributed by atoms with Gasteiger partial charge in [0.15, 0.2) is 12.1 Å². The zero-order valence-electron chi connectivity index (χ0n) is 26.0. The lowest BCUT2D eigenvalue weighted by Crippen LogP contribution is -2.64. The number of methoxy groups -OCH3 is 1. The first-order valence-electron chi connectivity index (χ1n) is 16.6. The van der Waals surface area contributed by atoms with E-state index in [1.54, 1.807) is 5.23 Å². The number of benzene rings is 1. The lowest BCUT2D eigenvalue weighted by molar-refractivity contribution is -0.504. The lowest BCUT2D eigenvalue weighted by atomic mass is 9.47. The Balaban J connectivity index is 1.14. The summed E-state index contributed by atoms with van der Waals surface area (Å²) in [6.45, 7) is 7.67. The van der Waals surface area contributed by atoms with Gasteiger partial charge in [0.25, 0.3) is 0 Å². The maximum atomic E-state index is 11.7. The molecule has 11 atom stereocenters. The fourth-order valence-electron chi connectivity index (χ4n) is 11.2. The summed E-state index contributed by atoms with van der Waals surface area (Å²) in [4.78, 5) is 25.3. The SMILES string of the molecule is CO[C@@]12ON3O[C@@H](C4OCCO4)C[C@@H]3[C@@H](c3ccccc3)[C@@H]1C[C@H]1[C@@H]3CC=C4C[C@@H](OC(C)=O)CC[C@]4(C)[C@H]3CC[C@@]12C. The van der Waals surface area contributed by atoms with Crippen LogP contribution in [0.25, 0.3) is 0 Å². The van der Waals surface area contributed by atoms with Crippen molar-refractivity contribution in [2.75, 3.05) is 20.3 Å². The molecule has 43 heavy (non-hydrogen) atoms. The van der Waals surface area contributed by atoms with Gasteiger partial charge in [0.2, 0.25) is 0 Å². The van der Waals surface area contributed by atoms with Gasteiger partial charge >= 0.3 is 5.97 Å². The predicted octanol–water partition coefficient (Wildman–Crippen LogP) is 5.93. The average Bonchev–Trinajstić information content (AvgIpc) is 3.73. The third-order valence-electron chi connectivity index (χ3n) is 13.1. The molecule has 3 saturated carbocycles. The Morgan fingerprint density at radius 1 is 1.00 bits per heavy atom. The molecule has 8 nitrogen and oxygen atoms in total. The summed E-state index contributed by atoms with van der Waals surface area (Å²) in [7, 11) is 1.85. The topological polar surface area (TPSA) is 75.7 Å².